The average molecular weight is 512 g/mol. The summed E-state index contributed by atoms with van der Waals surface area (Å²) in [6.07, 6.45) is -8.29. The smallest absolute Gasteiger partial charge is 0.289 e. The Labute approximate surface area is 178 Å². The van der Waals surface area contributed by atoms with E-state index in [9.17, 15) is 31.1 Å². The fourth-order valence-corrected chi connectivity index (χ4v) is 3.94. The molecule has 3 aromatic rings. The molecule has 0 aliphatic carbocycles. The third-order valence-electron chi connectivity index (χ3n) is 3.99. The first-order chi connectivity index (χ1) is 13.9. The number of thioether (sulfide) groups is 1. The summed E-state index contributed by atoms with van der Waals surface area (Å²) in [5, 5.41) is -0.344. The largest absolute Gasteiger partial charge is 0.416 e. The maximum Gasteiger partial charge on any atom is 0.416 e. The number of nitrogens with zero attached hydrogens (tertiary/aromatic N) is 2. The van der Waals surface area contributed by atoms with Crippen molar-refractivity contribution >= 4 is 44.3 Å². The van der Waals surface area contributed by atoms with Gasteiger partial charge in [0, 0.05) is 9.37 Å². The summed E-state index contributed by atoms with van der Waals surface area (Å²) in [7, 11) is 0. The minimum atomic E-state index is -4.69. The van der Waals surface area contributed by atoms with E-state index < -0.39 is 29.0 Å². The second-order valence-corrected chi connectivity index (χ2v) is 8.19. The summed E-state index contributed by atoms with van der Waals surface area (Å²) in [4.78, 5) is 17.2. The minimum absolute atomic E-state index is 0.00162. The van der Waals surface area contributed by atoms with E-state index in [0.717, 1.165) is 29.2 Å². The number of hydrogen-bond donors (Lipinski definition) is 1. The van der Waals surface area contributed by atoms with E-state index >= 15 is 0 Å². The summed E-state index contributed by atoms with van der Waals surface area (Å²) < 4.78 is 79.3. The molecule has 0 spiro atoms. The Balaban J connectivity index is 2.14. The van der Waals surface area contributed by atoms with Crippen LogP contribution < -0.4 is 11.0 Å². The van der Waals surface area contributed by atoms with Gasteiger partial charge in [0.05, 0.1) is 27.7 Å². The van der Waals surface area contributed by atoms with Crippen molar-refractivity contribution in [3.63, 3.8) is 0 Å². The van der Waals surface area contributed by atoms with Crippen molar-refractivity contribution in [1.29, 1.82) is 0 Å². The Bertz CT molecular complexity index is 1160. The maximum absolute atomic E-state index is 13.1. The second kappa shape index (κ2) is 8.14. The number of rotatable bonds is 4. The zero-order valence-electron chi connectivity index (χ0n) is 15.0. The van der Waals surface area contributed by atoms with E-state index in [1.807, 2.05) is 0 Å². The predicted molar refractivity (Wildman–Crippen MR) is 106 cm³/mol. The molecule has 0 amide bonds. The number of aromatic nitrogens is 2. The van der Waals surface area contributed by atoms with Crippen LogP contribution in [-0.4, -0.2) is 15.4 Å². The Morgan fingerprint density at radius 1 is 1.07 bits per heavy atom. The Hall–Kier alpha value is -2.21. The van der Waals surface area contributed by atoms with Crippen molar-refractivity contribution in [3.8, 4) is 0 Å². The number of halogens is 7. The Morgan fingerprint density at radius 2 is 1.73 bits per heavy atom. The van der Waals surface area contributed by atoms with Crippen molar-refractivity contribution in [3.05, 3.63) is 62.6 Å². The van der Waals surface area contributed by atoms with E-state index in [1.165, 1.54) is 17.8 Å². The van der Waals surface area contributed by atoms with Crippen molar-refractivity contribution in [2.24, 2.45) is 0 Å². The quantitative estimate of drug-likeness (QED) is 0.335. The molecule has 0 saturated heterocycles. The molecular formula is C18H12BrF6N3OS. The molecule has 0 aliphatic rings. The molecule has 0 bridgehead atoms. The van der Waals surface area contributed by atoms with Crippen LogP contribution in [0.15, 0.2) is 50.8 Å². The normalized spacial score (nSPS) is 12.4. The fraction of sp³-hybridized carbons (Fsp3) is 0.222. The van der Waals surface area contributed by atoms with Crippen molar-refractivity contribution in [2.75, 3.05) is 11.2 Å². The van der Waals surface area contributed by atoms with Gasteiger partial charge in [0.1, 0.15) is 6.33 Å². The molecule has 4 nitrogen and oxygen atoms in total. The van der Waals surface area contributed by atoms with Gasteiger partial charge in [0.2, 0.25) is 0 Å². The standard InChI is InChI=1S/C18H12BrF6N3OS/c1-2-30-14-4-3-9(17(20,21)22)7-13(14)27-28-8-26-15-11(16(28)29)5-10(6-12(15)19)18(23,24)25/h3-8,27H,2H2,1H3. The minimum Gasteiger partial charge on any atom is -0.289 e. The third-order valence-corrected chi connectivity index (χ3v) is 5.55. The van der Waals surface area contributed by atoms with Gasteiger partial charge in [0.15, 0.2) is 0 Å². The second-order valence-electron chi connectivity index (χ2n) is 6.03. The van der Waals surface area contributed by atoms with Gasteiger partial charge < -0.3 is 0 Å². The van der Waals surface area contributed by atoms with Crippen LogP contribution in [-0.2, 0) is 12.4 Å². The lowest BCUT2D eigenvalue weighted by atomic mass is 10.1. The number of benzene rings is 2. The summed E-state index contributed by atoms with van der Waals surface area (Å²) in [5.74, 6) is 0.548. The average Bonchev–Trinajstić information content (AvgIpc) is 2.64. The molecule has 0 radical (unpaired) electrons. The van der Waals surface area contributed by atoms with Crippen LogP contribution in [0.25, 0.3) is 10.9 Å². The van der Waals surface area contributed by atoms with Crippen LogP contribution in [0, 0.1) is 0 Å². The van der Waals surface area contributed by atoms with Gasteiger partial charge in [-0.05, 0) is 52.0 Å². The molecule has 1 aromatic heterocycles. The first-order valence-electron chi connectivity index (χ1n) is 8.31. The molecule has 0 atom stereocenters. The van der Waals surface area contributed by atoms with E-state index in [0.29, 0.717) is 16.7 Å². The van der Waals surface area contributed by atoms with Gasteiger partial charge in [-0.3, -0.25) is 10.2 Å². The van der Waals surface area contributed by atoms with Crippen molar-refractivity contribution in [1.82, 2.24) is 9.66 Å². The highest BCUT2D eigenvalue weighted by atomic mass is 79.9. The van der Waals surface area contributed by atoms with Crippen molar-refractivity contribution < 1.29 is 26.3 Å². The van der Waals surface area contributed by atoms with Gasteiger partial charge in [-0.2, -0.15) is 26.3 Å². The molecule has 30 heavy (non-hydrogen) atoms. The molecule has 160 valence electrons. The highest BCUT2D eigenvalue weighted by Crippen LogP contribution is 2.36. The van der Waals surface area contributed by atoms with Crippen LogP contribution in [0.3, 0.4) is 0 Å². The molecule has 0 unspecified atom stereocenters. The van der Waals surface area contributed by atoms with Crippen LogP contribution in [0.5, 0.6) is 0 Å². The van der Waals surface area contributed by atoms with Gasteiger partial charge in [0.25, 0.3) is 5.56 Å². The number of hydrogen-bond acceptors (Lipinski definition) is 4. The van der Waals surface area contributed by atoms with Crippen LogP contribution >= 0.6 is 27.7 Å². The first kappa shape index (κ1) is 22.5. The van der Waals surface area contributed by atoms with Crippen LogP contribution in [0.1, 0.15) is 18.1 Å². The van der Waals surface area contributed by atoms with E-state index in [2.05, 4.69) is 26.3 Å². The monoisotopic (exact) mass is 511 g/mol. The number of alkyl halides is 6. The maximum atomic E-state index is 13.1. The molecule has 1 N–H and O–H groups in total. The number of anilines is 1. The zero-order chi connectivity index (χ0) is 22.3. The van der Waals surface area contributed by atoms with Crippen molar-refractivity contribution in [2.45, 2.75) is 24.2 Å². The van der Waals surface area contributed by atoms with E-state index in [-0.39, 0.29) is 21.1 Å². The number of fused-ring (bicyclic) bond motifs is 1. The molecule has 2 aromatic carbocycles. The summed E-state index contributed by atoms with van der Waals surface area (Å²) in [6.45, 7) is 1.80. The highest BCUT2D eigenvalue weighted by Gasteiger charge is 2.32. The summed E-state index contributed by atoms with van der Waals surface area (Å²) in [5.41, 5.74) is -0.375. The lowest BCUT2D eigenvalue weighted by molar-refractivity contribution is -0.138. The molecule has 1 heterocycles. The van der Waals surface area contributed by atoms with Gasteiger partial charge >= 0.3 is 12.4 Å². The summed E-state index contributed by atoms with van der Waals surface area (Å²) in [6, 6.07) is 4.46. The van der Waals surface area contributed by atoms with E-state index in [4.69, 9.17) is 0 Å². The number of nitrogens with one attached hydrogen (secondary N) is 1. The van der Waals surface area contributed by atoms with Gasteiger partial charge in [-0.15, -0.1) is 11.8 Å². The first-order valence-corrected chi connectivity index (χ1v) is 10.1. The Kier molecular flexibility index (Phi) is 6.10. The molecule has 12 heteroatoms. The molecule has 0 saturated carbocycles. The van der Waals surface area contributed by atoms with Gasteiger partial charge in [-0.1, -0.05) is 6.92 Å². The third kappa shape index (κ3) is 4.59. The van der Waals surface area contributed by atoms with E-state index in [1.54, 1.807) is 6.92 Å². The van der Waals surface area contributed by atoms with Crippen LogP contribution in [0.2, 0.25) is 0 Å². The SMILES string of the molecule is CCSc1ccc(C(F)(F)F)cc1Nn1cnc2c(Br)cc(C(F)(F)F)cc2c1=O. The lowest BCUT2D eigenvalue weighted by Gasteiger charge is -2.16. The topological polar surface area (TPSA) is 46.9 Å². The fourth-order valence-electron chi connectivity index (χ4n) is 2.64. The predicted octanol–water partition coefficient (Wildman–Crippen LogP) is 6.18. The molecule has 0 aliphatic heterocycles. The molecule has 3 rings (SSSR count). The Morgan fingerprint density at radius 3 is 2.33 bits per heavy atom. The lowest BCUT2D eigenvalue weighted by Crippen LogP contribution is -2.27. The molecular weight excluding hydrogens is 500 g/mol. The van der Waals surface area contributed by atoms with Crippen LogP contribution in [0.4, 0.5) is 32.0 Å². The molecule has 0 fully saturated rings. The zero-order valence-corrected chi connectivity index (χ0v) is 17.4. The summed E-state index contributed by atoms with van der Waals surface area (Å²) >= 11 is 4.21. The highest BCUT2D eigenvalue weighted by molar-refractivity contribution is 9.10. The van der Waals surface area contributed by atoms with Gasteiger partial charge in [-0.25, -0.2) is 9.66 Å².